The first-order valence-electron chi connectivity index (χ1n) is 9.04. The van der Waals surface area contributed by atoms with E-state index in [9.17, 15) is 14.7 Å². The van der Waals surface area contributed by atoms with E-state index in [2.05, 4.69) is 4.98 Å². The van der Waals surface area contributed by atoms with Gasteiger partial charge in [-0.2, -0.15) is 0 Å². The molecule has 2 N–H and O–H groups in total. The number of methoxy groups -OCH3 is 1. The van der Waals surface area contributed by atoms with E-state index in [1.165, 1.54) is 6.07 Å². The van der Waals surface area contributed by atoms with Crippen LogP contribution in [0.15, 0.2) is 72.9 Å². The molecular formula is C23H23NO5. The molecule has 6 nitrogen and oxygen atoms in total. The van der Waals surface area contributed by atoms with E-state index in [4.69, 9.17) is 9.84 Å². The Balaban J connectivity index is 0.000000253. The Morgan fingerprint density at radius 2 is 1.62 bits per heavy atom. The van der Waals surface area contributed by atoms with Gasteiger partial charge in [0.05, 0.1) is 12.7 Å². The zero-order valence-electron chi connectivity index (χ0n) is 16.1. The molecule has 1 heterocycles. The lowest BCUT2D eigenvalue weighted by molar-refractivity contribution is 0.0903. The van der Waals surface area contributed by atoms with Gasteiger partial charge in [0.15, 0.2) is 11.6 Å². The number of pyridine rings is 1. The van der Waals surface area contributed by atoms with Gasteiger partial charge in [-0.05, 0) is 24.1 Å². The van der Waals surface area contributed by atoms with E-state index in [1.54, 1.807) is 61.8 Å². The van der Waals surface area contributed by atoms with Crippen LogP contribution in [0.4, 0.5) is 0 Å². The molecule has 29 heavy (non-hydrogen) atoms. The molecule has 0 aliphatic carbocycles. The maximum atomic E-state index is 12.0. The minimum Gasteiger partial charge on any atom is -0.507 e. The van der Waals surface area contributed by atoms with Crippen molar-refractivity contribution in [2.24, 2.45) is 0 Å². The number of hydrogen-bond donors (Lipinski definition) is 2. The number of aromatic nitrogens is 1. The summed E-state index contributed by atoms with van der Waals surface area (Å²) in [4.78, 5) is 26.8. The molecule has 0 saturated carbocycles. The molecule has 3 aromatic rings. The van der Waals surface area contributed by atoms with Crippen molar-refractivity contribution in [3.8, 4) is 11.6 Å². The van der Waals surface area contributed by atoms with Gasteiger partial charge in [0.25, 0.3) is 0 Å². The smallest absolute Gasteiger partial charge is 0.212 e. The lowest BCUT2D eigenvalue weighted by Gasteiger charge is -2.04. The van der Waals surface area contributed by atoms with Gasteiger partial charge in [0.1, 0.15) is 12.4 Å². The highest BCUT2D eigenvalue weighted by molar-refractivity contribution is 5.98. The summed E-state index contributed by atoms with van der Waals surface area (Å²) in [5, 5.41) is 18.0. The van der Waals surface area contributed by atoms with E-state index < -0.39 is 6.61 Å². The quantitative estimate of drug-likeness (QED) is 0.597. The van der Waals surface area contributed by atoms with E-state index in [0.717, 1.165) is 5.56 Å². The standard InChI is InChI=1S/C15H15NO3.C8H8O2/c1-19-15-9-7-11(10-16-15)6-8-14(18)12-4-2-3-5-13(12)17;9-6-8(10)7-4-2-1-3-5-7/h2-5,7,9-10,17H,6,8H2,1H3;1-5,9H,6H2. The van der Waals surface area contributed by atoms with Crippen LogP contribution >= 0.6 is 0 Å². The van der Waals surface area contributed by atoms with E-state index in [1.807, 2.05) is 12.1 Å². The lowest BCUT2D eigenvalue weighted by atomic mass is 10.0. The number of carbonyl (C=O) groups is 2. The second-order valence-electron chi connectivity index (χ2n) is 6.10. The number of carbonyl (C=O) groups excluding carboxylic acids is 2. The number of nitrogens with zero attached hydrogens (tertiary/aromatic N) is 1. The summed E-state index contributed by atoms with van der Waals surface area (Å²) in [7, 11) is 1.56. The topological polar surface area (TPSA) is 96.7 Å². The molecule has 3 rings (SSSR count). The number of rotatable bonds is 7. The fraction of sp³-hybridized carbons (Fsp3) is 0.174. The number of aromatic hydroxyl groups is 1. The maximum absolute atomic E-state index is 12.0. The fourth-order valence-corrected chi connectivity index (χ4v) is 2.50. The van der Waals surface area contributed by atoms with Gasteiger partial charge >= 0.3 is 0 Å². The number of aliphatic hydroxyl groups is 1. The van der Waals surface area contributed by atoms with Crippen LogP contribution in [0.25, 0.3) is 0 Å². The van der Waals surface area contributed by atoms with Crippen molar-refractivity contribution in [3.05, 3.63) is 89.6 Å². The number of benzene rings is 2. The molecule has 0 bridgehead atoms. The number of aryl methyl sites for hydroxylation is 1. The van der Waals surface area contributed by atoms with Crippen LogP contribution in [-0.4, -0.2) is 40.5 Å². The predicted octanol–water partition coefficient (Wildman–Crippen LogP) is 3.47. The number of hydrogen-bond acceptors (Lipinski definition) is 6. The number of ketones is 2. The normalized spacial score (nSPS) is 9.86. The second-order valence-corrected chi connectivity index (χ2v) is 6.10. The van der Waals surface area contributed by atoms with Crippen molar-refractivity contribution in [3.63, 3.8) is 0 Å². The van der Waals surface area contributed by atoms with Gasteiger partial charge in [-0.1, -0.05) is 48.5 Å². The average Bonchev–Trinajstić information content (AvgIpc) is 2.78. The molecule has 150 valence electrons. The molecule has 0 fully saturated rings. The van der Waals surface area contributed by atoms with Gasteiger partial charge in [-0.25, -0.2) is 4.98 Å². The molecule has 2 aromatic carbocycles. The Morgan fingerprint density at radius 3 is 2.21 bits per heavy atom. The van der Waals surface area contributed by atoms with Crippen molar-refractivity contribution in [2.75, 3.05) is 13.7 Å². The van der Waals surface area contributed by atoms with Crippen molar-refractivity contribution in [2.45, 2.75) is 12.8 Å². The Hall–Kier alpha value is -3.51. The van der Waals surface area contributed by atoms with Gasteiger partial charge < -0.3 is 14.9 Å². The zero-order chi connectivity index (χ0) is 21.1. The Kier molecular flexibility index (Phi) is 8.53. The van der Waals surface area contributed by atoms with Crippen LogP contribution in [0.5, 0.6) is 11.6 Å². The molecule has 0 aliphatic rings. The first-order valence-corrected chi connectivity index (χ1v) is 9.04. The number of Topliss-reactive ketones (excluding diaryl/α,β-unsaturated/α-hetero) is 2. The largest absolute Gasteiger partial charge is 0.507 e. The molecule has 0 spiro atoms. The van der Waals surface area contributed by atoms with E-state index >= 15 is 0 Å². The van der Waals surface area contributed by atoms with Gasteiger partial charge in [-0.15, -0.1) is 0 Å². The third kappa shape index (κ3) is 6.86. The summed E-state index contributed by atoms with van der Waals surface area (Å²) in [6.45, 7) is -0.413. The van der Waals surface area contributed by atoms with Gasteiger partial charge in [0.2, 0.25) is 5.88 Å². The minimum absolute atomic E-state index is 0.0281. The van der Waals surface area contributed by atoms with E-state index in [-0.39, 0.29) is 17.3 Å². The Morgan fingerprint density at radius 1 is 0.931 bits per heavy atom. The summed E-state index contributed by atoms with van der Waals surface area (Å²) in [5.74, 6) is 0.269. The first-order chi connectivity index (χ1) is 14.0. The van der Waals surface area contributed by atoms with Crippen LogP contribution in [0.1, 0.15) is 32.7 Å². The monoisotopic (exact) mass is 393 g/mol. The lowest BCUT2D eigenvalue weighted by Crippen LogP contribution is -2.02. The fourth-order valence-electron chi connectivity index (χ4n) is 2.50. The van der Waals surface area contributed by atoms with Crippen LogP contribution in [0, 0.1) is 0 Å². The Labute approximate surface area is 169 Å². The summed E-state index contributed by atoms with van der Waals surface area (Å²) in [5.41, 5.74) is 1.89. The first kappa shape index (κ1) is 21.8. The zero-order valence-corrected chi connectivity index (χ0v) is 16.1. The maximum Gasteiger partial charge on any atom is 0.212 e. The van der Waals surface area contributed by atoms with Gasteiger partial charge in [-0.3, -0.25) is 9.59 Å². The second kappa shape index (κ2) is 11.4. The molecule has 6 heteroatoms. The van der Waals surface area contributed by atoms with E-state index in [0.29, 0.717) is 29.8 Å². The van der Waals surface area contributed by atoms with Crippen molar-refractivity contribution < 1.29 is 24.5 Å². The highest BCUT2D eigenvalue weighted by atomic mass is 16.5. The summed E-state index contributed by atoms with van der Waals surface area (Å²) in [6.07, 6.45) is 2.62. The molecule has 0 saturated heterocycles. The number of phenolic OH excluding ortho intramolecular Hbond substituents is 1. The molecule has 0 radical (unpaired) electrons. The van der Waals surface area contributed by atoms with Crippen LogP contribution in [0.3, 0.4) is 0 Å². The van der Waals surface area contributed by atoms with Crippen LogP contribution < -0.4 is 4.74 Å². The number of aliphatic hydroxyl groups excluding tert-OH is 1. The molecule has 1 aromatic heterocycles. The SMILES string of the molecule is COc1ccc(CCC(=O)c2ccccc2O)cn1.O=C(CO)c1ccccc1. The molecule has 0 unspecified atom stereocenters. The van der Waals surface area contributed by atoms with Crippen LogP contribution in [0.2, 0.25) is 0 Å². The molecule has 0 amide bonds. The predicted molar refractivity (Wildman–Crippen MR) is 109 cm³/mol. The highest BCUT2D eigenvalue weighted by Gasteiger charge is 2.10. The third-order valence-corrected chi connectivity index (χ3v) is 4.09. The van der Waals surface area contributed by atoms with Crippen molar-refractivity contribution >= 4 is 11.6 Å². The number of para-hydroxylation sites is 1. The number of phenols is 1. The molecule has 0 aliphatic heterocycles. The third-order valence-electron chi connectivity index (χ3n) is 4.09. The average molecular weight is 393 g/mol. The highest BCUT2D eigenvalue weighted by Crippen LogP contribution is 2.18. The molecule has 0 atom stereocenters. The summed E-state index contributed by atoms with van der Waals surface area (Å²) >= 11 is 0. The summed E-state index contributed by atoms with van der Waals surface area (Å²) in [6, 6.07) is 18.9. The van der Waals surface area contributed by atoms with Gasteiger partial charge in [0, 0.05) is 24.2 Å². The Bertz CT molecular complexity index is 924. The minimum atomic E-state index is -0.413. The van der Waals surface area contributed by atoms with Crippen molar-refractivity contribution in [1.82, 2.24) is 4.98 Å². The number of ether oxygens (including phenoxy) is 1. The van der Waals surface area contributed by atoms with Crippen molar-refractivity contribution in [1.29, 1.82) is 0 Å². The van der Waals surface area contributed by atoms with Crippen LogP contribution in [-0.2, 0) is 6.42 Å². The molecular weight excluding hydrogens is 370 g/mol. The summed E-state index contributed by atoms with van der Waals surface area (Å²) < 4.78 is 4.97.